The zero-order valence-electron chi connectivity index (χ0n) is 12.7. The molecule has 0 heterocycles. The fourth-order valence-electron chi connectivity index (χ4n) is 1.87. The first-order valence-electron chi connectivity index (χ1n) is 7.05. The van der Waals surface area contributed by atoms with E-state index >= 15 is 0 Å². The van der Waals surface area contributed by atoms with E-state index in [0.29, 0.717) is 0 Å². The van der Waals surface area contributed by atoms with Crippen molar-refractivity contribution in [3.63, 3.8) is 0 Å². The van der Waals surface area contributed by atoms with Gasteiger partial charge >= 0.3 is 0 Å². The molecule has 0 spiro atoms. The first-order valence-corrected chi connectivity index (χ1v) is 7.05. The molecule has 3 heteroatoms. The summed E-state index contributed by atoms with van der Waals surface area (Å²) < 4.78 is 11.1. The van der Waals surface area contributed by atoms with E-state index in [1.165, 1.54) is 5.56 Å². The van der Waals surface area contributed by atoms with Crippen molar-refractivity contribution >= 4 is 0 Å². The van der Waals surface area contributed by atoms with Crippen LogP contribution in [0.4, 0.5) is 0 Å². The smallest absolute Gasteiger partial charge is 0.120 e. The maximum Gasteiger partial charge on any atom is 0.120 e. The molecule has 0 aliphatic heterocycles. The number of hydrogen-bond donors (Lipinski definition) is 1. The molecule has 3 nitrogen and oxygen atoms in total. The zero-order valence-corrected chi connectivity index (χ0v) is 12.7. The van der Waals surface area contributed by atoms with E-state index in [0.717, 1.165) is 38.3 Å². The van der Waals surface area contributed by atoms with Gasteiger partial charge < -0.3 is 14.8 Å². The summed E-state index contributed by atoms with van der Waals surface area (Å²) in [4.78, 5) is 0. The van der Waals surface area contributed by atoms with Crippen molar-refractivity contribution in [3.8, 4) is 5.75 Å². The third-order valence-corrected chi connectivity index (χ3v) is 2.89. The Labute approximate surface area is 117 Å². The molecule has 0 atom stereocenters. The van der Waals surface area contributed by atoms with E-state index < -0.39 is 0 Å². The summed E-state index contributed by atoms with van der Waals surface area (Å²) in [6.45, 7) is 9.02. The number of ether oxygens (including phenoxy) is 2. The Morgan fingerprint density at radius 3 is 2.42 bits per heavy atom. The van der Waals surface area contributed by atoms with E-state index in [-0.39, 0.29) is 5.60 Å². The summed E-state index contributed by atoms with van der Waals surface area (Å²) in [6.07, 6.45) is 2.09. The summed E-state index contributed by atoms with van der Waals surface area (Å²) in [7, 11) is 1.73. The fraction of sp³-hybridized carbons (Fsp3) is 0.625. The minimum absolute atomic E-state index is 0.191. The third kappa shape index (κ3) is 6.60. The summed E-state index contributed by atoms with van der Waals surface area (Å²) >= 11 is 0. The van der Waals surface area contributed by atoms with Crippen LogP contribution >= 0.6 is 0 Å². The van der Waals surface area contributed by atoms with E-state index in [9.17, 15) is 0 Å². The van der Waals surface area contributed by atoms with Crippen LogP contribution in [0.3, 0.4) is 0 Å². The Balaban J connectivity index is 2.47. The Morgan fingerprint density at radius 2 is 1.84 bits per heavy atom. The van der Waals surface area contributed by atoms with Gasteiger partial charge in [-0.2, -0.15) is 0 Å². The fourth-order valence-corrected chi connectivity index (χ4v) is 1.87. The molecule has 0 saturated heterocycles. The first kappa shape index (κ1) is 16.0. The van der Waals surface area contributed by atoms with Crippen LogP contribution in [-0.4, -0.2) is 32.4 Å². The molecule has 1 aromatic carbocycles. The van der Waals surface area contributed by atoms with Crippen molar-refractivity contribution in [2.24, 2.45) is 0 Å². The zero-order chi connectivity index (χ0) is 14.1. The highest BCUT2D eigenvalue weighted by Gasteiger charge is 2.18. The molecule has 0 amide bonds. The largest absolute Gasteiger partial charge is 0.487 e. The molecule has 0 radical (unpaired) electrons. The van der Waals surface area contributed by atoms with Crippen LogP contribution < -0.4 is 10.1 Å². The number of hydrogen-bond acceptors (Lipinski definition) is 3. The van der Waals surface area contributed by atoms with E-state index in [1.54, 1.807) is 7.11 Å². The molecule has 1 N–H and O–H groups in total. The second-order valence-corrected chi connectivity index (χ2v) is 5.43. The Morgan fingerprint density at radius 1 is 1.16 bits per heavy atom. The quantitative estimate of drug-likeness (QED) is 0.696. The lowest BCUT2D eigenvalue weighted by Crippen LogP contribution is -2.40. The van der Waals surface area contributed by atoms with Crippen LogP contribution in [0.2, 0.25) is 0 Å². The summed E-state index contributed by atoms with van der Waals surface area (Å²) in [6, 6.07) is 8.27. The maximum absolute atomic E-state index is 6.01. The number of benzene rings is 1. The SMILES string of the molecule is CCCNCC(C)(C)Oc1ccc(CCOC)cc1. The number of methoxy groups -OCH3 is 1. The summed E-state index contributed by atoms with van der Waals surface area (Å²) in [5.41, 5.74) is 1.08. The van der Waals surface area contributed by atoms with Crippen LogP contribution in [0.25, 0.3) is 0 Å². The molecule has 0 fully saturated rings. The molecule has 0 saturated carbocycles. The predicted molar refractivity (Wildman–Crippen MR) is 79.9 cm³/mol. The van der Waals surface area contributed by atoms with Crippen molar-refractivity contribution < 1.29 is 9.47 Å². The molecule has 1 rings (SSSR count). The highest BCUT2D eigenvalue weighted by molar-refractivity contribution is 5.28. The van der Waals surface area contributed by atoms with Crippen molar-refractivity contribution in [2.45, 2.75) is 39.2 Å². The lowest BCUT2D eigenvalue weighted by molar-refractivity contribution is 0.108. The normalized spacial score (nSPS) is 11.6. The van der Waals surface area contributed by atoms with Gasteiger partial charge in [0, 0.05) is 13.7 Å². The average Bonchev–Trinajstić information content (AvgIpc) is 2.38. The van der Waals surface area contributed by atoms with Gasteiger partial charge in [0.15, 0.2) is 0 Å². The highest BCUT2D eigenvalue weighted by Crippen LogP contribution is 2.18. The van der Waals surface area contributed by atoms with E-state index in [2.05, 4.69) is 38.2 Å². The van der Waals surface area contributed by atoms with Crippen LogP contribution in [0.1, 0.15) is 32.8 Å². The van der Waals surface area contributed by atoms with Crippen molar-refractivity contribution in [1.29, 1.82) is 0 Å². The van der Waals surface area contributed by atoms with Gasteiger partial charge in [0.2, 0.25) is 0 Å². The Bertz CT molecular complexity index is 346. The van der Waals surface area contributed by atoms with Crippen LogP contribution in [-0.2, 0) is 11.2 Å². The molecular formula is C16H27NO2. The number of rotatable bonds is 9. The van der Waals surface area contributed by atoms with Gasteiger partial charge in [0.25, 0.3) is 0 Å². The topological polar surface area (TPSA) is 30.5 Å². The van der Waals surface area contributed by atoms with Crippen molar-refractivity contribution in [3.05, 3.63) is 29.8 Å². The Kier molecular flexibility index (Phi) is 6.89. The lowest BCUT2D eigenvalue weighted by Gasteiger charge is -2.27. The maximum atomic E-state index is 6.01. The van der Waals surface area contributed by atoms with Gasteiger partial charge in [-0.25, -0.2) is 0 Å². The third-order valence-electron chi connectivity index (χ3n) is 2.89. The van der Waals surface area contributed by atoms with Crippen LogP contribution in [0.5, 0.6) is 5.75 Å². The molecule has 0 aliphatic rings. The number of nitrogens with one attached hydrogen (secondary N) is 1. The first-order chi connectivity index (χ1) is 9.07. The van der Waals surface area contributed by atoms with Crippen LogP contribution in [0.15, 0.2) is 24.3 Å². The van der Waals surface area contributed by atoms with Gasteiger partial charge in [-0.1, -0.05) is 19.1 Å². The van der Waals surface area contributed by atoms with E-state index in [4.69, 9.17) is 9.47 Å². The minimum atomic E-state index is -0.191. The summed E-state index contributed by atoms with van der Waals surface area (Å²) in [5, 5.41) is 3.39. The monoisotopic (exact) mass is 265 g/mol. The van der Waals surface area contributed by atoms with Gasteiger partial charge in [-0.05, 0) is 50.9 Å². The minimum Gasteiger partial charge on any atom is -0.487 e. The molecule has 19 heavy (non-hydrogen) atoms. The van der Waals surface area contributed by atoms with Crippen molar-refractivity contribution in [2.75, 3.05) is 26.8 Å². The van der Waals surface area contributed by atoms with Gasteiger partial charge in [-0.3, -0.25) is 0 Å². The molecular weight excluding hydrogens is 238 g/mol. The molecule has 0 aromatic heterocycles. The van der Waals surface area contributed by atoms with Gasteiger partial charge in [0.1, 0.15) is 11.4 Å². The predicted octanol–water partition coefficient (Wildman–Crippen LogP) is 3.03. The molecule has 0 aliphatic carbocycles. The standard InChI is InChI=1S/C16H27NO2/c1-5-11-17-13-16(2,3)19-15-8-6-14(7-9-15)10-12-18-4/h6-9,17H,5,10-13H2,1-4H3. The highest BCUT2D eigenvalue weighted by atomic mass is 16.5. The van der Waals surface area contributed by atoms with Gasteiger partial charge in [0.05, 0.1) is 6.61 Å². The molecule has 0 unspecified atom stereocenters. The Hall–Kier alpha value is -1.06. The second kappa shape index (κ2) is 8.18. The summed E-state index contributed by atoms with van der Waals surface area (Å²) in [5.74, 6) is 0.921. The lowest BCUT2D eigenvalue weighted by atomic mass is 10.1. The second-order valence-electron chi connectivity index (χ2n) is 5.43. The molecule has 0 bridgehead atoms. The van der Waals surface area contributed by atoms with Crippen molar-refractivity contribution in [1.82, 2.24) is 5.32 Å². The molecule has 108 valence electrons. The average molecular weight is 265 g/mol. The van der Waals surface area contributed by atoms with Crippen LogP contribution in [0, 0.1) is 0 Å². The molecule has 1 aromatic rings. The van der Waals surface area contributed by atoms with Gasteiger partial charge in [-0.15, -0.1) is 0 Å². The van der Waals surface area contributed by atoms with E-state index in [1.807, 2.05) is 12.1 Å².